The van der Waals surface area contributed by atoms with E-state index in [2.05, 4.69) is 46.5 Å². The van der Waals surface area contributed by atoms with Crippen LogP contribution in [0.5, 0.6) is 0 Å². The molecule has 102 valence electrons. The normalized spacial score (nSPS) is 9.85. The van der Waals surface area contributed by atoms with Crippen LogP contribution in [0.25, 0.3) is 11.3 Å². The quantitative estimate of drug-likeness (QED) is 0.763. The number of anilines is 2. The second-order valence-electron chi connectivity index (χ2n) is 4.26. The van der Waals surface area contributed by atoms with E-state index in [9.17, 15) is 0 Å². The Morgan fingerprint density at radius 2 is 1.70 bits per heavy atom. The summed E-state index contributed by atoms with van der Waals surface area (Å²) < 4.78 is 0. The first kappa shape index (κ1) is 14.5. The Balaban J connectivity index is 0.00000147. The van der Waals surface area contributed by atoms with Crippen molar-refractivity contribution < 1.29 is 0 Å². The molecule has 3 nitrogen and oxygen atoms in total. The molecule has 0 unspecified atom stereocenters. The van der Waals surface area contributed by atoms with E-state index in [0.717, 1.165) is 22.1 Å². The van der Waals surface area contributed by atoms with Crippen LogP contribution in [-0.2, 0) is 0 Å². The van der Waals surface area contributed by atoms with Crippen LogP contribution < -0.4 is 5.32 Å². The number of thiazole rings is 1. The predicted molar refractivity (Wildman–Crippen MR) is 87.1 cm³/mol. The molecule has 0 saturated carbocycles. The fourth-order valence-electron chi connectivity index (χ4n) is 1.75. The molecule has 5 heteroatoms. The van der Waals surface area contributed by atoms with Gasteiger partial charge in [-0.05, 0) is 31.2 Å². The second kappa shape index (κ2) is 6.50. The molecule has 0 aliphatic carbocycles. The highest BCUT2D eigenvalue weighted by Crippen LogP contribution is 2.26. The molecule has 0 fully saturated rings. The zero-order valence-corrected chi connectivity index (χ0v) is 12.5. The molecule has 0 bridgehead atoms. The lowest BCUT2D eigenvalue weighted by molar-refractivity contribution is 1.31. The van der Waals surface area contributed by atoms with E-state index in [0.29, 0.717) is 0 Å². The number of rotatable bonds is 3. The van der Waals surface area contributed by atoms with Crippen molar-refractivity contribution in [3.63, 3.8) is 0 Å². The molecule has 3 rings (SSSR count). The van der Waals surface area contributed by atoms with Gasteiger partial charge in [-0.15, -0.1) is 23.7 Å². The Bertz CT molecular complexity index is 665. The summed E-state index contributed by atoms with van der Waals surface area (Å²) in [5, 5.41) is 6.26. The molecule has 20 heavy (non-hydrogen) atoms. The third kappa shape index (κ3) is 3.35. The molecule has 2 heterocycles. The number of aryl methyl sites for hydroxylation is 1. The maximum absolute atomic E-state index is 4.58. The zero-order valence-electron chi connectivity index (χ0n) is 10.9. The summed E-state index contributed by atoms with van der Waals surface area (Å²) in [7, 11) is 0. The second-order valence-corrected chi connectivity index (χ2v) is 5.12. The van der Waals surface area contributed by atoms with Gasteiger partial charge in [0.25, 0.3) is 0 Å². The van der Waals surface area contributed by atoms with Gasteiger partial charge in [0, 0.05) is 29.0 Å². The van der Waals surface area contributed by atoms with E-state index in [1.54, 1.807) is 23.7 Å². The molecular weight excluding hydrogens is 290 g/mol. The van der Waals surface area contributed by atoms with Crippen molar-refractivity contribution in [2.24, 2.45) is 0 Å². The van der Waals surface area contributed by atoms with Gasteiger partial charge < -0.3 is 5.32 Å². The number of aromatic nitrogens is 2. The first-order valence-electron chi connectivity index (χ1n) is 6.01. The zero-order chi connectivity index (χ0) is 13.1. The number of benzene rings is 1. The van der Waals surface area contributed by atoms with Gasteiger partial charge in [-0.2, -0.15) is 0 Å². The topological polar surface area (TPSA) is 37.8 Å². The minimum atomic E-state index is 0. The summed E-state index contributed by atoms with van der Waals surface area (Å²) in [6.07, 6.45) is 3.56. The smallest absolute Gasteiger partial charge is 0.187 e. The van der Waals surface area contributed by atoms with Gasteiger partial charge in [-0.3, -0.25) is 4.98 Å². The molecule has 1 N–H and O–H groups in total. The van der Waals surface area contributed by atoms with Gasteiger partial charge in [-0.1, -0.05) is 17.7 Å². The first-order valence-corrected chi connectivity index (χ1v) is 6.89. The van der Waals surface area contributed by atoms with E-state index in [1.807, 2.05) is 17.5 Å². The molecule has 0 atom stereocenters. The van der Waals surface area contributed by atoms with Crippen LogP contribution in [0.3, 0.4) is 0 Å². The summed E-state index contributed by atoms with van der Waals surface area (Å²) >= 11 is 1.60. The van der Waals surface area contributed by atoms with Crippen LogP contribution in [0.15, 0.2) is 54.2 Å². The average molecular weight is 304 g/mol. The Morgan fingerprint density at radius 1 is 1.00 bits per heavy atom. The fraction of sp³-hybridized carbons (Fsp3) is 0.0667. The van der Waals surface area contributed by atoms with Crippen molar-refractivity contribution in [3.05, 3.63) is 59.7 Å². The number of hydrogen-bond donors (Lipinski definition) is 1. The van der Waals surface area contributed by atoms with Crippen LogP contribution in [0, 0.1) is 6.92 Å². The maximum Gasteiger partial charge on any atom is 0.187 e. The lowest BCUT2D eigenvalue weighted by Crippen LogP contribution is -1.89. The van der Waals surface area contributed by atoms with E-state index >= 15 is 0 Å². The van der Waals surface area contributed by atoms with Crippen molar-refractivity contribution in [3.8, 4) is 11.3 Å². The SMILES string of the molecule is Cc1ccc(Nc2nc(-c3ccncc3)cs2)cc1.Cl. The minimum absolute atomic E-state index is 0. The van der Waals surface area contributed by atoms with Gasteiger partial charge in [0.2, 0.25) is 0 Å². The highest BCUT2D eigenvalue weighted by Gasteiger charge is 2.04. The van der Waals surface area contributed by atoms with Gasteiger partial charge >= 0.3 is 0 Å². The highest BCUT2D eigenvalue weighted by molar-refractivity contribution is 7.14. The molecule has 0 saturated heterocycles. The monoisotopic (exact) mass is 303 g/mol. The highest BCUT2D eigenvalue weighted by atomic mass is 35.5. The van der Waals surface area contributed by atoms with Crippen molar-refractivity contribution in [2.45, 2.75) is 6.92 Å². The van der Waals surface area contributed by atoms with E-state index in [4.69, 9.17) is 0 Å². The van der Waals surface area contributed by atoms with Crippen molar-refractivity contribution in [1.29, 1.82) is 0 Å². The maximum atomic E-state index is 4.58. The molecule has 0 spiro atoms. The van der Waals surface area contributed by atoms with Crippen LogP contribution in [0.2, 0.25) is 0 Å². The van der Waals surface area contributed by atoms with Gasteiger partial charge in [0.1, 0.15) is 0 Å². The van der Waals surface area contributed by atoms with Crippen LogP contribution >= 0.6 is 23.7 Å². The number of pyridine rings is 1. The number of halogens is 1. The van der Waals surface area contributed by atoms with Crippen LogP contribution in [0.1, 0.15) is 5.56 Å². The number of hydrogen-bond acceptors (Lipinski definition) is 4. The fourth-order valence-corrected chi connectivity index (χ4v) is 2.49. The molecule has 3 aromatic rings. The Labute approximate surface area is 128 Å². The standard InChI is InChI=1S/C15H13N3S.ClH/c1-11-2-4-13(5-3-11)17-15-18-14(10-19-15)12-6-8-16-9-7-12;/h2-10H,1H3,(H,17,18);1H. The Hall–Kier alpha value is -1.91. The number of nitrogens with one attached hydrogen (secondary N) is 1. The largest absolute Gasteiger partial charge is 0.332 e. The Morgan fingerprint density at radius 3 is 2.40 bits per heavy atom. The minimum Gasteiger partial charge on any atom is -0.332 e. The van der Waals surface area contributed by atoms with Crippen LogP contribution in [-0.4, -0.2) is 9.97 Å². The number of nitrogens with zero attached hydrogens (tertiary/aromatic N) is 2. The Kier molecular flexibility index (Phi) is 4.71. The van der Waals surface area contributed by atoms with Crippen LogP contribution in [0.4, 0.5) is 10.8 Å². The summed E-state index contributed by atoms with van der Waals surface area (Å²) in [6.45, 7) is 2.08. The van der Waals surface area contributed by atoms with E-state index < -0.39 is 0 Å². The molecule has 2 aromatic heterocycles. The summed E-state index contributed by atoms with van der Waals surface area (Å²) in [6, 6.07) is 12.2. The molecular formula is C15H14ClN3S. The first-order chi connectivity index (χ1) is 9.31. The van der Waals surface area contributed by atoms with E-state index in [1.165, 1.54) is 5.56 Å². The third-order valence-corrected chi connectivity index (χ3v) is 3.54. The molecule has 0 aliphatic rings. The third-order valence-electron chi connectivity index (χ3n) is 2.78. The van der Waals surface area contributed by atoms with Crippen molar-refractivity contribution in [2.75, 3.05) is 5.32 Å². The average Bonchev–Trinajstić information content (AvgIpc) is 2.91. The molecule has 0 aliphatic heterocycles. The van der Waals surface area contributed by atoms with Gasteiger partial charge in [0.15, 0.2) is 5.13 Å². The lowest BCUT2D eigenvalue weighted by atomic mass is 10.2. The summed E-state index contributed by atoms with van der Waals surface area (Å²) in [5.74, 6) is 0. The van der Waals surface area contributed by atoms with Gasteiger partial charge in [-0.25, -0.2) is 4.98 Å². The predicted octanol–water partition coefficient (Wildman–Crippen LogP) is 4.68. The van der Waals surface area contributed by atoms with Gasteiger partial charge in [0.05, 0.1) is 5.69 Å². The molecule has 0 amide bonds. The van der Waals surface area contributed by atoms with Crippen molar-refractivity contribution >= 4 is 34.6 Å². The van der Waals surface area contributed by atoms with E-state index in [-0.39, 0.29) is 12.4 Å². The lowest BCUT2D eigenvalue weighted by Gasteiger charge is -2.02. The van der Waals surface area contributed by atoms with Crippen molar-refractivity contribution in [1.82, 2.24) is 9.97 Å². The molecule has 0 radical (unpaired) electrons. The summed E-state index contributed by atoms with van der Waals surface area (Å²) in [4.78, 5) is 8.59. The molecule has 1 aromatic carbocycles. The summed E-state index contributed by atoms with van der Waals surface area (Å²) in [5.41, 5.74) is 4.37.